The normalized spacial score (nSPS) is 16.2. The highest BCUT2D eigenvalue weighted by Crippen LogP contribution is 2.25. The zero-order chi connectivity index (χ0) is 62.6. The van der Waals surface area contributed by atoms with E-state index in [1.807, 2.05) is 61.5 Å². The maximum Gasteiger partial charge on any atom is 0.326 e. The number of aliphatic carboxylic acids is 1. The molecule has 1 aliphatic heterocycles. The summed E-state index contributed by atoms with van der Waals surface area (Å²) in [6.45, 7) is 10.8. The monoisotopic (exact) mass is 1180 g/mol. The molecule has 1 aliphatic rings. The van der Waals surface area contributed by atoms with Crippen molar-refractivity contribution in [2.75, 3.05) is 6.54 Å². The van der Waals surface area contributed by atoms with Gasteiger partial charge in [-0.25, -0.2) is 4.79 Å². The predicted molar refractivity (Wildman–Crippen MR) is 325 cm³/mol. The number of terminal acetylenes is 1. The van der Waals surface area contributed by atoms with E-state index < -0.39 is 119 Å². The highest BCUT2D eigenvalue weighted by Gasteiger charge is 2.42. The van der Waals surface area contributed by atoms with Crippen LogP contribution in [0.15, 0.2) is 91.3 Å². The second kappa shape index (κ2) is 31.8. The first-order chi connectivity index (χ1) is 41.1. The Hall–Kier alpha value is -9.00. The van der Waals surface area contributed by atoms with Gasteiger partial charge in [0.25, 0.3) is 0 Å². The molecule has 22 heteroatoms. The zero-order valence-electron chi connectivity index (χ0n) is 49.8. The van der Waals surface area contributed by atoms with Crippen LogP contribution in [-0.4, -0.2) is 134 Å². The molecule has 2 aromatic heterocycles. The molecule has 10 atom stereocenters. The number of nitrogens with two attached hydrogens (primary N) is 1. The van der Waals surface area contributed by atoms with E-state index in [2.05, 4.69) is 53.1 Å². The second-order valence-electron chi connectivity index (χ2n) is 22.8. The average Bonchev–Trinajstić information content (AvgIpc) is 3.20. The number of carboxylic acids is 1. The van der Waals surface area contributed by atoms with E-state index in [4.69, 9.17) is 12.2 Å². The maximum atomic E-state index is 15.2. The van der Waals surface area contributed by atoms with E-state index in [1.54, 1.807) is 71.3 Å². The summed E-state index contributed by atoms with van der Waals surface area (Å²) in [5.41, 5.74) is 9.12. The van der Waals surface area contributed by atoms with Crippen LogP contribution in [0.1, 0.15) is 116 Å². The van der Waals surface area contributed by atoms with Gasteiger partial charge in [-0.3, -0.25) is 43.2 Å². The average molecular weight is 1180 g/mol. The zero-order valence-corrected chi connectivity index (χ0v) is 49.8. The number of hydrogen-bond acceptors (Lipinski definition) is 10. The Labute approximate surface area is 501 Å². The van der Waals surface area contributed by atoms with Crippen LogP contribution < -0.4 is 43.0 Å². The topological polar surface area (TPSA) is 336 Å². The van der Waals surface area contributed by atoms with Crippen molar-refractivity contribution in [2.45, 2.75) is 167 Å². The Morgan fingerprint density at radius 1 is 0.616 bits per heavy atom. The fourth-order valence-corrected chi connectivity index (χ4v) is 10.7. The van der Waals surface area contributed by atoms with Gasteiger partial charge >= 0.3 is 5.97 Å². The van der Waals surface area contributed by atoms with Crippen LogP contribution in [0.5, 0.6) is 0 Å². The summed E-state index contributed by atoms with van der Waals surface area (Å²) in [4.78, 5) is 147. The third-order valence-corrected chi connectivity index (χ3v) is 15.9. The van der Waals surface area contributed by atoms with Crippen LogP contribution in [0.4, 0.5) is 0 Å². The molecule has 1 saturated heterocycles. The van der Waals surface area contributed by atoms with Crippen LogP contribution in [0.3, 0.4) is 0 Å². The van der Waals surface area contributed by atoms with Crippen molar-refractivity contribution >= 4 is 80.9 Å². The summed E-state index contributed by atoms with van der Waals surface area (Å²) in [5.74, 6) is -6.24. The lowest BCUT2D eigenvalue weighted by Crippen LogP contribution is -2.61. The van der Waals surface area contributed by atoms with Crippen LogP contribution in [0.2, 0.25) is 0 Å². The van der Waals surface area contributed by atoms with Gasteiger partial charge in [0, 0.05) is 79.3 Å². The number of nitrogens with one attached hydrogen (secondary N) is 9. The molecule has 86 heavy (non-hydrogen) atoms. The van der Waals surface area contributed by atoms with Crippen molar-refractivity contribution in [3.63, 3.8) is 0 Å². The number of primary amides is 1. The summed E-state index contributed by atoms with van der Waals surface area (Å²) in [6, 6.07) is 13.8. The number of hydrogen-bond donors (Lipinski definition) is 11. The lowest BCUT2D eigenvalue weighted by atomic mass is 9.96. The van der Waals surface area contributed by atoms with E-state index in [9.17, 15) is 48.3 Å². The van der Waals surface area contributed by atoms with E-state index in [-0.39, 0.29) is 70.3 Å². The molecule has 0 radical (unpaired) electrons. The number of rotatable bonds is 32. The first-order valence-corrected chi connectivity index (χ1v) is 29.6. The number of likely N-dealkylation sites (tertiary alicyclic amines) is 1. The molecular weight excluding hydrogens is 1100 g/mol. The van der Waals surface area contributed by atoms with Gasteiger partial charge in [0.2, 0.25) is 53.2 Å². The predicted octanol–water partition coefficient (Wildman–Crippen LogP) is 3.96. The van der Waals surface area contributed by atoms with Crippen molar-refractivity contribution in [1.29, 1.82) is 0 Å². The third-order valence-electron chi connectivity index (χ3n) is 15.9. The standard InChI is InChI=1S/C64H83N11O11/c1-8-11-27-54(77)68-48(33-41-35-66-45-24-17-15-22-43(41)45)58(79)73-56(39(7)10-3)62(83)71-50(32-40-20-13-12-14-21-40)63(84)75-30-19-26-52(75)60(81)70-49(34-42-36-67-46-25-18-16-23-44(42)46)59(80)74-55(38(6)9-2)61(82)69-47(28-29-53(65)76)57(78)72-51(64(85)86)31-37(4)5/h1,12-18,20-25,35-39,47-52,55-56,66-67H,9-11,19,26-34H2,2-7H3,(H2,65,76)(H,68,77)(H,69,82)(H,70,81)(H,71,83)(H,72,78)(H,73,79)(H,74,80)(H,85,86)/t38-,39?,47-,48-,49-,50-,51-,52-,55?,56-/m0/s1. The summed E-state index contributed by atoms with van der Waals surface area (Å²) in [6.07, 6.45) is 9.88. The number of aromatic nitrogens is 2. The van der Waals surface area contributed by atoms with Gasteiger partial charge < -0.3 is 62.9 Å². The molecule has 5 aromatic rings. The van der Waals surface area contributed by atoms with Gasteiger partial charge in [0.05, 0.1) is 0 Å². The van der Waals surface area contributed by atoms with E-state index in [1.165, 1.54) is 4.90 Å². The SMILES string of the molecule is C#CCCC(=O)N[C@@H](Cc1c[nH]c2ccccc12)C(=O)N[C@H](C(=O)N[C@@H](Cc1ccccc1)C(=O)N1CCC[C@H]1C(=O)N[C@@H](Cc1c[nH]c2ccccc12)C(=O)NC(C(=O)N[C@@H](CCC(N)=O)C(=O)N[C@@H](CC(C)C)C(=O)O)[C@@H](C)CC)C(C)CC. The number of aromatic amines is 2. The van der Waals surface area contributed by atoms with Gasteiger partial charge in [0.1, 0.15) is 48.3 Å². The molecule has 1 fully saturated rings. The van der Waals surface area contributed by atoms with Crippen LogP contribution >= 0.6 is 0 Å². The number of fused-ring (bicyclic) bond motifs is 2. The van der Waals surface area contributed by atoms with Gasteiger partial charge in [-0.2, -0.15) is 0 Å². The Bertz CT molecular complexity index is 3240. The molecule has 0 bridgehead atoms. The number of H-pyrrole nitrogens is 2. The van der Waals surface area contributed by atoms with E-state index in [0.29, 0.717) is 30.4 Å². The number of nitrogens with zero attached hydrogens (tertiary/aromatic N) is 1. The Balaban J connectivity index is 1.26. The molecule has 12 N–H and O–H groups in total. The van der Waals surface area contributed by atoms with Gasteiger partial charge in [-0.1, -0.05) is 121 Å². The van der Waals surface area contributed by atoms with Crippen molar-refractivity contribution in [3.8, 4) is 12.3 Å². The second-order valence-corrected chi connectivity index (χ2v) is 22.8. The largest absolute Gasteiger partial charge is 0.480 e. The molecule has 9 amide bonds. The molecule has 460 valence electrons. The first kappa shape index (κ1) is 66.1. The molecule has 2 unspecified atom stereocenters. The summed E-state index contributed by atoms with van der Waals surface area (Å²) < 4.78 is 0. The minimum absolute atomic E-state index is 0.000356. The molecule has 22 nitrogen and oxygen atoms in total. The maximum absolute atomic E-state index is 15.2. The minimum Gasteiger partial charge on any atom is -0.480 e. The quantitative estimate of drug-likeness (QED) is 0.0274. The fraction of sp³-hybridized carbons (Fsp3) is 0.469. The molecular formula is C64H83N11O11. The molecule has 0 aliphatic carbocycles. The Kier molecular flexibility index (Phi) is 24.4. The van der Waals surface area contributed by atoms with E-state index >= 15 is 4.79 Å². The number of carbonyl (C=O) groups is 10. The van der Waals surface area contributed by atoms with Gasteiger partial charge in [-0.05, 0) is 72.3 Å². The van der Waals surface area contributed by atoms with Crippen LogP contribution in [-0.2, 0) is 67.2 Å². The Morgan fingerprint density at radius 2 is 1.12 bits per heavy atom. The van der Waals surface area contributed by atoms with Gasteiger partial charge in [0.15, 0.2) is 0 Å². The molecule has 6 rings (SSSR count). The smallest absolute Gasteiger partial charge is 0.326 e. The highest BCUT2D eigenvalue weighted by molar-refractivity contribution is 5.99. The summed E-state index contributed by atoms with van der Waals surface area (Å²) in [5, 5.41) is 31.0. The number of amides is 9. The minimum atomic E-state index is -1.42. The van der Waals surface area contributed by atoms with Crippen molar-refractivity contribution in [1.82, 2.24) is 52.1 Å². The van der Waals surface area contributed by atoms with Crippen LogP contribution in [0, 0.1) is 30.1 Å². The third kappa shape index (κ3) is 18.3. The number of carboxylic acid groups (broad SMARTS) is 1. The first-order valence-electron chi connectivity index (χ1n) is 29.6. The van der Waals surface area contributed by atoms with Crippen molar-refractivity contribution < 1.29 is 53.1 Å². The van der Waals surface area contributed by atoms with Gasteiger partial charge in [-0.15, -0.1) is 12.3 Å². The molecule has 0 saturated carbocycles. The molecule has 3 heterocycles. The fourth-order valence-electron chi connectivity index (χ4n) is 10.7. The molecule has 3 aromatic carbocycles. The van der Waals surface area contributed by atoms with Crippen molar-refractivity contribution in [3.05, 3.63) is 108 Å². The van der Waals surface area contributed by atoms with Crippen molar-refractivity contribution in [2.24, 2.45) is 23.5 Å². The molecule has 0 spiro atoms. The lowest BCUT2D eigenvalue weighted by Gasteiger charge is -2.32. The number of para-hydroxylation sites is 2. The highest BCUT2D eigenvalue weighted by atomic mass is 16.4. The number of carbonyl (C=O) groups excluding carboxylic acids is 9. The summed E-state index contributed by atoms with van der Waals surface area (Å²) in [7, 11) is 0. The Morgan fingerprint density at radius 3 is 1.63 bits per heavy atom. The van der Waals surface area contributed by atoms with E-state index in [0.717, 1.165) is 27.4 Å². The number of benzene rings is 3. The summed E-state index contributed by atoms with van der Waals surface area (Å²) >= 11 is 0. The lowest BCUT2D eigenvalue weighted by molar-refractivity contribution is -0.143. The van der Waals surface area contributed by atoms with Crippen LogP contribution in [0.25, 0.3) is 21.8 Å².